The van der Waals surface area contributed by atoms with Gasteiger partial charge in [-0.1, -0.05) is 34.6 Å². The fourth-order valence-corrected chi connectivity index (χ4v) is 9.25. The van der Waals surface area contributed by atoms with Gasteiger partial charge in [0.2, 0.25) is 0 Å². The van der Waals surface area contributed by atoms with Crippen LogP contribution in [-0.2, 0) is 0 Å². The van der Waals surface area contributed by atoms with Crippen molar-refractivity contribution in [1.82, 2.24) is 0 Å². The lowest BCUT2D eigenvalue weighted by Crippen LogP contribution is -2.59. The first-order valence-corrected chi connectivity index (χ1v) is 12.7. The first-order chi connectivity index (χ1) is 14.2. The van der Waals surface area contributed by atoms with Gasteiger partial charge in [-0.3, -0.25) is 0 Å². The van der Waals surface area contributed by atoms with E-state index in [1.165, 1.54) is 12.8 Å². The molecule has 4 fully saturated rings. The second-order valence-corrected chi connectivity index (χ2v) is 12.7. The van der Waals surface area contributed by atoms with Gasteiger partial charge >= 0.3 is 6.18 Å². The Balaban J connectivity index is 1.54. The maximum absolute atomic E-state index is 13.5. The predicted molar refractivity (Wildman–Crippen MR) is 116 cm³/mol. The van der Waals surface area contributed by atoms with Crippen LogP contribution in [0.2, 0.25) is 0 Å². The van der Waals surface area contributed by atoms with Crippen LogP contribution in [0, 0.1) is 52.3 Å². The Morgan fingerprint density at radius 2 is 1.48 bits per heavy atom. The van der Waals surface area contributed by atoms with E-state index in [1.807, 2.05) is 0 Å². The maximum atomic E-state index is 13.5. The molecule has 0 saturated heterocycles. The molecule has 4 saturated carbocycles. The summed E-state index contributed by atoms with van der Waals surface area (Å²) in [6.45, 7) is 11.1. The largest absolute Gasteiger partial charge is 0.417 e. The summed E-state index contributed by atoms with van der Waals surface area (Å²) in [4.78, 5) is 0. The van der Waals surface area contributed by atoms with Crippen molar-refractivity contribution in [2.24, 2.45) is 52.3 Å². The average Bonchev–Trinajstić information content (AvgIpc) is 3.03. The van der Waals surface area contributed by atoms with Gasteiger partial charge in [-0.15, -0.1) is 0 Å². The van der Waals surface area contributed by atoms with E-state index >= 15 is 0 Å². The van der Waals surface area contributed by atoms with Gasteiger partial charge in [-0.25, -0.2) is 0 Å². The first kappa shape index (κ1) is 23.9. The summed E-state index contributed by atoms with van der Waals surface area (Å²) in [5.74, 6) is 2.74. The Hall–Kier alpha value is -0.290. The zero-order chi connectivity index (χ0) is 23.0. The average molecular weight is 445 g/mol. The number of rotatable bonds is 3. The lowest BCUT2D eigenvalue weighted by atomic mass is 9.43. The molecule has 31 heavy (non-hydrogen) atoms. The van der Waals surface area contributed by atoms with Crippen molar-refractivity contribution in [3.63, 3.8) is 0 Å². The van der Waals surface area contributed by atoms with Crippen LogP contribution in [0.4, 0.5) is 13.2 Å². The number of alkyl halides is 3. The van der Waals surface area contributed by atoms with Gasteiger partial charge in [-0.2, -0.15) is 13.2 Å². The Morgan fingerprint density at radius 3 is 2.10 bits per heavy atom. The van der Waals surface area contributed by atoms with E-state index < -0.39 is 11.8 Å². The number of fused-ring (bicyclic) bond motifs is 5. The fraction of sp³-hybridized carbons (Fsp3) is 1.00. The van der Waals surface area contributed by atoms with E-state index in [2.05, 4.69) is 34.6 Å². The van der Waals surface area contributed by atoms with Crippen LogP contribution >= 0.6 is 0 Å². The highest BCUT2D eigenvalue weighted by molar-refractivity contribution is 5.12. The smallest absolute Gasteiger partial charge is 0.393 e. The third-order valence-electron chi connectivity index (χ3n) is 11.2. The van der Waals surface area contributed by atoms with Crippen molar-refractivity contribution in [3.05, 3.63) is 0 Å². The quantitative estimate of drug-likeness (QED) is 0.515. The minimum Gasteiger partial charge on any atom is -0.393 e. The van der Waals surface area contributed by atoms with Crippen LogP contribution in [-0.4, -0.2) is 28.1 Å². The Labute approximate surface area is 186 Å². The standard InChI is InChI=1S/C26H43F3O2/c1-15(2)22(30)16(3)19-8-9-20-18-7-6-17-14-25(31,26(27,28)29)13-12-23(17,4)21(18)10-11-24(19,20)5/h15-22,30-31H,6-14H2,1-5H3/t16-,17+,18-,19?,20-,21-,22-,23-,24+,25+/m0/s1. The molecule has 0 radical (unpaired) electrons. The minimum atomic E-state index is -4.53. The number of hydrogen-bond donors (Lipinski definition) is 2. The molecule has 0 aromatic heterocycles. The van der Waals surface area contributed by atoms with Crippen LogP contribution in [0.1, 0.15) is 92.4 Å². The molecule has 0 aliphatic heterocycles. The van der Waals surface area contributed by atoms with E-state index in [4.69, 9.17) is 0 Å². The van der Waals surface area contributed by atoms with Crippen LogP contribution in [0.15, 0.2) is 0 Å². The summed E-state index contributed by atoms with van der Waals surface area (Å²) in [6, 6.07) is 0. The van der Waals surface area contributed by atoms with Crippen LogP contribution in [0.5, 0.6) is 0 Å². The monoisotopic (exact) mass is 444 g/mol. The van der Waals surface area contributed by atoms with E-state index in [-0.39, 0.29) is 47.5 Å². The molecule has 1 unspecified atom stereocenters. The van der Waals surface area contributed by atoms with Gasteiger partial charge in [0.1, 0.15) is 0 Å². The van der Waals surface area contributed by atoms with Crippen LogP contribution < -0.4 is 0 Å². The number of halogens is 3. The first-order valence-electron chi connectivity index (χ1n) is 12.7. The maximum Gasteiger partial charge on any atom is 0.417 e. The topological polar surface area (TPSA) is 40.5 Å². The summed E-state index contributed by atoms with van der Waals surface area (Å²) < 4.78 is 40.6. The lowest BCUT2D eigenvalue weighted by Gasteiger charge is -2.62. The Morgan fingerprint density at radius 1 is 0.839 bits per heavy atom. The molecule has 180 valence electrons. The molecule has 4 aliphatic rings. The molecule has 0 aromatic rings. The van der Waals surface area contributed by atoms with E-state index in [0.717, 1.165) is 25.7 Å². The number of aliphatic hydroxyl groups excluding tert-OH is 1. The molecule has 5 heteroatoms. The van der Waals surface area contributed by atoms with E-state index in [0.29, 0.717) is 30.1 Å². The highest BCUT2D eigenvalue weighted by Crippen LogP contribution is 2.69. The van der Waals surface area contributed by atoms with Gasteiger partial charge in [0.15, 0.2) is 5.60 Å². The minimum absolute atomic E-state index is 0.0302. The van der Waals surface area contributed by atoms with Crippen molar-refractivity contribution in [3.8, 4) is 0 Å². The number of aliphatic hydroxyl groups is 2. The van der Waals surface area contributed by atoms with Crippen molar-refractivity contribution < 1.29 is 23.4 Å². The predicted octanol–water partition coefficient (Wildman–Crippen LogP) is 6.59. The van der Waals surface area contributed by atoms with Gasteiger partial charge < -0.3 is 10.2 Å². The second-order valence-electron chi connectivity index (χ2n) is 12.7. The molecule has 0 bridgehead atoms. The molecular formula is C26H43F3O2. The normalized spacial score (nSPS) is 49.8. The zero-order valence-corrected chi connectivity index (χ0v) is 20.0. The molecule has 0 spiro atoms. The SMILES string of the molecule is CC(C)[C@H](O)[C@@H](C)C1CC[C@H]2[C@@H]3CC[C@@H]4C[C@@](O)(C(F)(F)F)CC[C@]4(C)[C@H]3CC[C@]12C. The third kappa shape index (κ3) is 3.50. The van der Waals surface area contributed by atoms with Gasteiger partial charge in [0.05, 0.1) is 6.10 Å². The van der Waals surface area contributed by atoms with Crippen LogP contribution in [0.25, 0.3) is 0 Å². The summed E-state index contributed by atoms with van der Waals surface area (Å²) >= 11 is 0. The summed E-state index contributed by atoms with van der Waals surface area (Å²) in [5.41, 5.74) is -2.34. The molecule has 4 aliphatic carbocycles. The number of hydrogen-bond acceptors (Lipinski definition) is 2. The zero-order valence-electron chi connectivity index (χ0n) is 20.0. The highest BCUT2D eigenvalue weighted by atomic mass is 19.4. The fourth-order valence-electron chi connectivity index (χ4n) is 9.25. The van der Waals surface area contributed by atoms with Gasteiger partial charge in [0, 0.05) is 0 Å². The molecule has 10 atom stereocenters. The van der Waals surface area contributed by atoms with Crippen LogP contribution in [0.3, 0.4) is 0 Å². The van der Waals surface area contributed by atoms with Crippen molar-refractivity contribution in [2.45, 2.75) is 110 Å². The van der Waals surface area contributed by atoms with Crippen molar-refractivity contribution in [1.29, 1.82) is 0 Å². The Kier molecular flexibility index (Phi) is 5.86. The highest BCUT2D eigenvalue weighted by Gasteiger charge is 2.65. The van der Waals surface area contributed by atoms with Crippen molar-refractivity contribution >= 4 is 0 Å². The van der Waals surface area contributed by atoms with E-state index in [1.54, 1.807) is 0 Å². The molecule has 4 rings (SSSR count). The Bertz CT molecular complexity index is 678. The van der Waals surface area contributed by atoms with E-state index in [9.17, 15) is 23.4 Å². The molecule has 0 heterocycles. The lowest BCUT2D eigenvalue weighted by molar-refractivity contribution is -0.290. The van der Waals surface area contributed by atoms with Crippen molar-refractivity contribution in [2.75, 3.05) is 0 Å². The molecule has 0 aromatic carbocycles. The molecule has 2 N–H and O–H groups in total. The molecule has 0 amide bonds. The third-order valence-corrected chi connectivity index (χ3v) is 11.2. The van der Waals surface area contributed by atoms with Gasteiger partial charge in [0.25, 0.3) is 0 Å². The summed E-state index contributed by atoms with van der Waals surface area (Å²) in [5, 5.41) is 21.2. The summed E-state index contributed by atoms with van der Waals surface area (Å²) in [6.07, 6.45) is 1.85. The molecular weight excluding hydrogens is 401 g/mol. The summed E-state index contributed by atoms with van der Waals surface area (Å²) in [7, 11) is 0. The van der Waals surface area contributed by atoms with Gasteiger partial charge in [-0.05, 0) is 110 Å². The molecule has 2 nitrogen and oxygen atoms in total. The second kappa shape index (κ2) is 7.61.